The van der Waals surface area contributed by atoms with E-state index in [1.165, 1.54) is 31.2 Å². The van der Waals surface area contributed by atoms with E-state index in [-0.39, 0.29) is 0 Å². The molecule has 0 heterocycles. The lowest BCUT2D eigenvalue weighted by molar-refractivity contribution is 0.360. The second kappa shape index (κ2) is 5.19. The van der Waals surface area contributed by atoms with Crippen molar-refractivity contribution in [3.63, 3.8) is 0 Å². The van der Waals surface area contributed by atoms with Gasteiger partial charge in [0.25, 0.3) is 0 Å². The summed E-state index contributed by atoms with van der Waals surface area (Å²) in [7, 11) is 0. The predicted octanol–water partition coefficient (Wildman–Crippen LogP) is 4.45. The quantitative estimate of drug-likeness (QED) is 0.615. The van der Waals surface area contributed by atoms with E-state index in [0.29, 0.717) is 5.41 Å². The molecule has 0 aliphatic carbocycles. The molecule has 0 atom stereocenters. The number of aryl methyl sites for hydroxylation is 1. The van der Waals surface area contributed by atoms with Crippen molar-refractivity contribution in [1.29, 1.82) is 0 Å². The van der Waals surface area contributed by atoms with E-state index >= 15 is 0 Å². The van der Waals surface area contributed by atoms with Crippen LogP contribution >= 0.6 is 0 Å². The number of hydrogen-bond donors (Lipinski definition) is 0. The van der Waals surface area contributed by atoms with Gasteiger partial charge < -0.3 is 0 Å². The van der Waals surface area contributed by atoms with E-state index in [9.17, 15) is 0 Å². The molecule has 1 rings (SSSR count). The SMILES string of the molecule is CC(C)(C)CCCCc1ccccc1. The van der Waals surface area contributed by atoms with Gasteiger partial charge in [-0.15, -0.1) is 0 Å². The summed E-state index contributed by atoms with van der Waals surface area (Å²) in [5, 5.41) is 0. The fraction of sp³-hybridized carbons (Fsp3) is 0.571. The summed E-state index contributed by atoms with van der Waals surface area (Å²) in [5.41, 5.74) is 1.97. The molecule has 0 unspecified atom stereocenters. The molecule has 0 fully saturated rings. The molecule has 0 amide bonds. The Morgan fingerprint density at radius 3 is 2.14 bits per heavy atom. The maximum absolute atomic E-state index is 2.31. The lowest BCUT2D eigenvalue weighted by Gasteiger charge is -2.17. The van der Waals surface area contributed by atoms with Gasteiger partial charge in [-0.25, -0.2) is 0 Å². The molecule has 78 valence electrons. The minimum absolute atomic E-state index is 0.497. The molecule has 0 heteroatoms. The highest BCUT2D eigenvalue weighted by atomic mass is 14.1. The largest absolute Gasteiger partial charge is 0.0622 e. The first-order valence-corrected chi connectivity index (χ1v) is 5.62. The highest BCUT2D eigenvalue weighted by molar-refractivity contribution is 5.14. The Hall–Kier alpha value is -0.780. The first-order chi connectivity index (χ1) is 6.58. The number of unbranched alkanes of at least 4 members (excludes halogenated alkanes) is 1. The summed E-state index contributed by atoms with van der Waals surface area (Å²) in [5.74, 6) is 0. The Morgan fingerprint density at radius 2 is 1.57 bits per heavy atom. The topological polar surface area (TPSA) is 0 Å². The Labute approximate surface area is 88.4 Å². The predicted molar refractivity (Wildman–Crippen MR) is 63.5 cm³/mol. The second-order valence-electron chi connectivity index (χ2n) is 5.25. The molecule has 1 aromatic carbocycles. The lowest BCUT2D eigenvalue weighted by atomic mass is 9.89. The van der Waals surface area contributed by atoms with Gasteiger partial charge in [0, 0.05) is 0 Å². The molecule has 0 N–H and O–H groups in total. The van der Waals surface area contributed by atoms with Crippen molar-refractivity contribution >= 4 is 0 Å². The van der Waals surface area contributed by atoms with Crippen LogP contribution in [0, 0.1) is 5.41 Å². The lowest BCUT2D eigenvalue weighted by Crippen LogP contribution is -2.04. The van der Waals surface area contributed by atoms with Crippen LogP contribution in [0.3, 0.4) is 0 Å². The molecule has 0 aromatic heterocycles. The van der Waals surface area contributed by atoms with Crippen molar-refractivity contribution in [2.75, 3.05) is 0 Å². The average molecular weight is 190 g/mol. The van der Waals surface area contributed by atoms with Gasteiger partial charge in [-0.2, -0.15) is 0 Å². The molecule has 0 saturated heterocycles. The summed E-state index contributed by atoms with van der Waals surface area (Å²) < 4.78 is 0. The van der Waals surface area contributed by atoms with E-state index in [4.69, 9.17) is 0 Å². The van der Waals surface area contributed by atoms with Gasteiger partial charge >= 0.3 is 0 Å². The molecule has 0 radical (unpaired) electrons. The number of hydrogen-bond acceptors (Lipinski definition) is 0. The van der Waals surface area contributed by atoms with E-state index in [2.05, 4.69) is 51.1 Å². The van der Waals surface area contributed by atoms with E-state index < -0.39 is 0 Å². The monoisotopic (exact) mass is 190 g/mol. The van der Waals surface area contributed by atoms with Crippen molar-refractivity contribution in [3.8, 4) is 0 Å². The molecule has 14 heavy (non-hydrogen) atoms. The molecular formula is C14H22. The van der Waals surface area contributed by atoms with Crippen LogP contribution in [0.4, 0.5) is 0 Å². The Bertz CT molecular complexity index is 240. The van der Waals surface area contributed by atoms with Gasteiger partial charge in [0.15, 0.2) is 0 Å². The second-order valence-corrected chi connectivity index (χ2v) is 5.25. The standard InChI is InChI=1S/C14H22/c1-14(2,3)12-8-7-11-13-9-5-4-6-10-13/h4-6,9-10H,7-8,11-12H2,1-3H3. The minimum Gasteiger partial charge on any atom is -0.0622 e. The van der Waals surface area contributed by atoms with Crippen LogP contribution in [0.25, 0.3) is 0 Å². The first-order valence-electron chi connectivity index (χ1n) is 5.62. The third-order valence-corrected chi connectivity index (χ3v) is 2.49. The molecular weight excluding hydrogens is 168 g/mol. The number of rotatable bonds is 4. The van der Waals surface area contributed by atoms with Gasteiger partial charge in [-0.05, 0) is 30.2 Å². The van der Waals surface area contributed by atoms with Crippen molar-refractivity contribution in [2.45, 2.75) is 46.5 Å². The van der Waals surface area contributed by atoms with Crippen LogP contribution in [-0.4, -0.2) is 0 Å². The molecule has 0 aliphatic rings. The van der Waals surface area contributed by atoms with Crippen LogP contribution in [0.2, 0.25) is 0 Å². The Morgan fingerprint density at radius 1 is 0.929 bits per heavy atom. The maximum atomic E-state index is 2.31. The minimum atomic E-state index is 0.497. The third kappa shape index (κ3) is 5.06. The first kappa shape index (κ1) is 11.3. The van der Waals surface area contributed by atoms with E-state index in [1.54, 1.807) is 0 Å². The molecule has 0 bridgehead atoms. The maximum Gasteiger partial charge on any atom is -0.0279 e. The average Bonchev–Trinajstić information content (AvgIpc) is 2.13. The highest BCUT2D eigenvalue weighted by Crippen LogP contribution is 2.22. The van der Waals surface area contributed by atoms with E-state index in [1.807, 2.05) is 0 Å². The fourth-order valence-electron chi connectivity index (χ4n) is 1.63. The van der Waals surface area contributed by atoms with Crippen LogP contribution in [-0.2, 0) is 6.42 Å². The van der Waals surface area contributed by atoms with Crippen LogP contribution < -0.4 is 0 Å². The summed E-state index contributed by atoms with van der Waals surface area (Å²) >= 11 is 0. The van der Waals surface area contributed by atoms with Crippen molar-refractivity contribution in [3.05, 3.63) is 35.9 Å². The summed E-state index contributed by atoms with van der Waals surface area (Å²) in [4.78, 5) is 0. The third-order valence-electron chi connectivity index (χ3n) is 2.49. The van der Waals surface area contributed by atoms with Crippen molar-refractivity contribution in [1.82, 2.24) is 0 Å². The summed E-state index contributed by atoms with van der Waals surface area (Å²) in [6.07, 6.45) is 5.23. The van der Waals surface area contributed by atoms with Gasteiger partial charge in [0.05, 0.1) is 0 Å². The summed E-state index contributed by atoms with van der Waals surface area (Å²) in [6, 6.07) is 10.8. The van der Waals surface area contributed by atoms with Gasteiger partial charge in [0.2, 0.25) is 0 Å². The van der Waals surface area contributed by atoms with Crippen LogP contribution in [0.15, 0.2) is 30.3 Å². The van der Waals surface area contributed by atoms with Gasteiger partial charge in [-0.1, -0.05) is 57.5 Å². The molecule has 0 aliphatic heterocycles. The Balaban J connectivity index is 2.17. The zero-order chi connectivity index (χ0) is 10.4. The molecule has 0 nitrogen and oxygen atoms in total. The Kier molecular flexibility index (Phi) is 4.19. The van der Waals surface area contributed by atoms with Gasteiger partial charge in [-0.3, -0.25) is 0 Å². The zero-order valence-electron chi connectivity index (χ0n) is 9.72. The highest BCUT2D eigenvalue weighted by Gasteiger charge is 2.08. The van der Waals surface area contributed by atoms with Crippen LogP contribution in [0.1, 0.15) is 45.6 Å². The van der Waals surface area contributed by atoms with Gasteiger partial charge in [0.1, 0.15) is 0 Å². The summed E-state index contributed by atoms with van der Waals surface area (Å²) in [6.45, 7) is 6.94. The number of benzene rings is 1. The normalized spacial score (nSPS) is 11.6. The van der Waals surface area contributed by atoms with Crippen LogP contribution in [0.5, 0.6) is 0 Å². The smallest absolute Gasteiger partial charge is 0.0279 e. The van der Waals surface area contributed by atoms with E-state index in [0.717, 1.165) is 0 Å². The fourth-order valence-corrected chi connectivity index (χ4v) is 1.63. The molecule has 0 saturated carbocycles. The molecule has 0 spiro atoms. The van der Waals surface area contributed by atoms with Crippen molar-refractivity contribution in [2.24, 2.45) is 5.41 Å². The molecule has 1 aromatic rings. The van der Waals surface area contributed by atoms with Crippen molar-refractivity contribution < 1.29 is 0 Å². The zero-order valence-corrected chi connectivity index (χ0v) is 9.72.